The fraction of sp³-hybridized carbons (Fsp3) is 0.452. The summed E-state index contributed by atoms with van der Waals surface area (Å²) in [6.45, 7) is 2.77. The summed E-state index contributed by atoms with van der Waals surface area (Å²) in [6.07, 6.45) is 4.90. The molecule has 0 aliphatic carbocycles. The number of alkyl halides is 1. The Morgan fingerprint density at radius 3 is 2.76 bits per heavy atom. The molecule has 8 rings (SSSR count). The van der Waals surface area contributed by atoms with Crippen LogP contribution in [0.3, 0.4) is 0 Å². The molecule has 2 aromatic heterocycles. The summed E-state index contributed by atoms with van der Waals surface area (Å²) in [7, 11) is 0. The smallest absolute Gasteiger partial charge is 0.319 e. The molecule has 4 aliphatic heterocycles. The van der Waals surface area contributed by atoms with Crippen molar-refractivity contribution < 1.29 is 17.9 Å². The van der Waals surface area contributed by atoms with E-state index < -0.39 is 23.3 Å². The molecular formula is C31H30ClF3N6O. The molecule has 4 aromatic rings. The number of nitrogens with zero attached hydrogens (tertiary/aromatic N) is 5. The van der Waals surface area contributed by atoms with Crippen molar-refractivity contribution in [3.8, 4) is 17.1 Å². The van der Waals surface area contributed by atoms with Gasteiger partial charge in [-0.1, -0.05) is 17.7 Å². The second-order valence-corrected chi connectivity index (χ2v) is 12.6. The summed E-state index contributed by atoms with van der Waals surface area (Å²) in [5.41, 5.74) is 0.169. The maximum Gasteiger partial charge on any atom is 0.319 e. The minimum absolute atomic E-state index is 0.0148. The van der Waals surface area contributed by atoms with Crippen LogP contribution in [0.15, 0.2) is 36.5 Å². The molecule has 4 saturated heterocycles. The molecule has 6 heterocycles. The predicted molar refractivity (Wildman–Crippen MR) is 156 cm³/mol. The van der Waals surface area contributed by atoms with Gasteiger partial charge in [0.2, 0.25) is 0 Å². The van der Waals surface area contributed by atoms with Crippen LogP contribution in [0.4, 0.5) is 19.0 Å². The highest BCUT2D eigenvalue weighted by Gasteiger charge is 2.49. The lowest BCUT2D eigenvalue weighted by Gasteiger charge is -2.34. The molecule has 0 saturated carbocycles. The van der Waals surface area contributed by atoms with E-state index in [1.807, 2.05) is 0 Å². The van der Waals surface area contributed by atoms with E-state index >= 15 is 8.78 Å². The monoisotopic (exact) mass is 594 g/mol. The minimum Gasteiger partial charge on any atom is -0.461 e. The zero-order valence-electron chi connectivity index (χ0n) is 22.9. The quantitative estimate of drug-likeness (QED) is 0.319. The van der Waals surface area contributed by atoms with Crippen LogP contribution in [0.1, 0.15) is 32.1 Å². The van der Waals surface area contributed by atoms with Gasteiger partial charge in [0.25, 0.3) is 0 Å². The molecule has 0 spiro atoms. The highest BCUT2D eigenvalue weighted by atomic mass is 35.5. The van der Waals surface area contributed by atoms with Gasteiger partial charge in [-0.3, -0.25) is 9.88 Å². The molecule has 11 heteroatoms. The molecule has 218 valence electrons. The van der Waals surface area contributed by atoms with Crippen LogP contribution in [0.2, 0.25) is 5.02 Å². The average molecular weight is 595 g/mol. The zero-order chi connectivity index (χ0) is 28.6. The van der Waals surface area contributed by atoms with Crippen molar-refractivity contribution in [1.82, 2.24) is 25.2 Å². The highest BCUT2D eigenvalue weighted by molar-refractivity contribution is 6.36. The maximum absolute atomic E-state index is 16.6. The van der Waals surface area contributed by atoms with E-state index in [2.05, 4.69) is 25.1 Å². The van der Waals surface area contributed by atoms with Crippen molar-refractivity contribution in [1.29, 1.82) is 0 Å². The Morgan fingerprint density at radius 2 is 1.93 bits per heavy atom. The molecule has 7 nitrogen and oxygen atoms in total. The summed E-state index contributed by atoms with van der Waals surface area (Å²) in [4.78, 5) is 17.8. The van der Waals surface area contributed by atoms with E-state index in [1.165, 1.54) is 12.3 Å². The molecule has 2 aromatic carbocycles. The molecule has 2 bridgehead atoms. The molecule has 42 heavy (non-hydrogen) atoms. The fourth-order valence-electron chi connectivity index (χ4n) is 7.70. The van der Waals surface area contributed by atoms with Crippen LogP contribution in [0, 0.1) is 11.6 Å². The number of pyridine rings is 1. The van der Waals surface area contributed by atoms with Crippen molar-refractivity contribution in [2.24, 2.45) is 0 Å². The lowest BCUT2D eigenvalue weighted by molar-refractivity contribution is 0.107. The first kappa shape index (κ1) is 26.4. The Bertz CT molecular complexity index is 1710. The summed E-state index contributed by atoms with van der Waals surface area (Å²) in [6, 6.07) is 8.64. The van der Waals surface area contributed by atoms with Gasteiger partial charge in [-0.05, 0) is 56.5 Å². The van der Waals surface area contributed by atoms with Gasteiger partial charge >= 0.3 is 6.01 Å². The third-order valence-corrected chi connectivity index (χ3v) is 9.89. The minimum atomic E-state index is -0.900. The van der Waals surface area contributed by atoms with Crippen molar-refractivity contribution in [3.05, 3.63) is 53.2 Å². The van der Waals surface area contributed by atoms with E-state index in [0.717, 1.165) is 32.2 Å². The van der Waals surface area contributed by atoms with Crippen LogP contribution in [-0.2, 0) is 0 Å². The van der Waals surface area contributed by atoms with Gasteiger partial charge in [-0.2, -0.15) is 9.97 Å². The normalized spacial score (nSPS) is 27.3. The van der Waals surface area contributed by atoms with E-state index in [1.54, 1.807) is 24.3 Å². The zero-order valence-corrected chi connectivity index (χ0v) is 23.7. The number of halogens is 4. The number of hydrogen-bond donors (Lipinski definition) is 1. The first-order valence-corrected chi connectivity index (χ1v) is 15.0. The summed E-state index contributed by atoms with van der Waals surface area (Å²) >= 11 is 6.50. The van der Waals surface area contributed by atoms with Crippen LogP contribution < -0.4 is 15.0 Å². The van der Waals surface area contributed by atoms with Gasteiger partial charge in [0, 0.05) is 60.7 Å². The lowest BCUT2D eigenvalue weighted by Crippen LogP contribution is -2.51. The van der Waals surface area contributed by atoms with Crippen molar-refractivity contribution >= 4 is 39.2 Å². The summed E-state index contributed by atoms with van der Waals surface area (Å²) in [5, 5.41) is 4.70. The second-order valence-electron chi connectivity index (χ2n) is 12.2. The SMILES string of the molecule is Fc1cc2c(N3C[C@H]4CC[C@@H](C3)N4)nc(OC[C@@]34CCCN3C[C@H](F)C4)nc2c(F)c1-c1ccnc2cccc(Cl)c12. The summed E-state index contributed by atoms with van der Waals surface area (Å²) in [5.74, 6) is -1.09. The van der Waals surface area contributed by atoms with Crippen molar-refractivity contribution in [2.45, 2.75) is 55.9 Å². The molecule has 0 unspecified atom stereocenters. The standard InChI is InChI=1S/C31H30ClF3N6O/c32-22-3-1-4-24-25(22)20(7-9-36-24)26-23(34)11-21-28(27(26)35)38-30(39-29(21)40-14-18-5-6-19(15-40)37-18)42-16-31-8-2-10-41(31)13-17(33)12-31/h1,3-4,7,9,11,17-19,37H,2,5-6,8,10,12-16H2/t17-,18-,19+,31+/m1/s1. The van der Waals surface area contributed by atoms with Crippen LogP contribution in [0.25, 0.3) is 32.9 Å². The Kier molecular flexibility index (Phi) is 6.24. The number of rotatable bonds is 5. The largest absolute Gasteiger partial charge is 0.461 e. The highest BCUT2D eigenvalue weighted by Crippen LogP contribution is 2.42. The Morgan fingerprint density at radius 1 is 1.10 bits per heavy atom. The topological polar surface area (TPSA) is 66.4 Å². The van der Waals surface area contributed by atoms with Crippen LogP contribution in [-0.4, -0.2) is 76.4 Å². The number of piperazine rings is 1. The van der Waals surface area contributed by atoms with Gasteiger partial charge in [-0.15, -0.1) is 0 Å². The number of hydrogen-bond acceptors (Lipinski definition) is 7. The number of anilines is 1. The maximum atomic E-state index is 16.6. The van der Waals surface area contributed by atoms with Gasteiger partial charge < -0.3 is 15.0 Å². The number of aromatic nitrogens is 3. The predicted octanol–water partition coefficient (Wildman–Crippen LogP) is 5.67. The third kappa shape index (κ3) is 4.21. The van der Waals surface area contributed by atoms with Gasteiger partial charge in [0.05, 0.1) is 21.6 Å². The number of nitrogens with one attached hydrogen (secondary N) is 1. The molecular weight excluding hydrogens is 565 g/mol. The lowest BCUT2D eigenvalue weighted by atomic mass is 9.95. The fourth-order valence-corrected chi connectivity index (χ4v) is 7.97. The van der Waals surface area contributed by atoms with E-state index in [0.29, 0.717) is 53.4 Å². The van der Waals surface area contributed by atoms with Crippen LogP contribution >= 0.6 is 11.6 Å². The van der Waals surface area contributed by atoms with E-state index in [-0.39, 0.29) is 41.2 Å². The second kappa shape index (κ2) is 9.92. The third-order valence-electron chi connectivity index (χ3n) is 9.57. The molecule has 1 N–H and O–H groups in total. The Hall–Kier alpha value is -3.21. The molecule has 4 fully saturated rings. The van der Waals surface area contributed by atoms with Gasteiger partial charge in [0.15, 0.2) is 5.82 Å². The first-order valence-electron chi connectivity index (χ1n) is 14.6. The van der Waals surface area contributed by atoms with Gasteiger partial charge in [0.1, 0.15) is 29.9 Å². The molecule has 4 aliphatic rings. The van der Waals surface area contributed by atoms with Crippen molar-refractivity contribution in [2.75, 3.05) is 37.7 Å². The first-order chi connectivity index (χ1) is 20.4. The number of fused-ring (bicyclic) bond motifs is 5. The molecule has 0 radical (unpaired) electrons. The molecule has 4 atom stereocenters. The number of benzene rings is 2. The van der Waals surface area contributed by atoms with E-state index in [4.69, 9.17) is 21.3 Å². The molecule has 0 amide bonds. The number of ether oxygens (including phenoxy) is 1. The average Bonchev–Trinajstić information content (AvgIpc) is 3.62. The van der Waals surface area contributed by atoms with Crippen LogP contribution in [0.5, 0.6) is 6.01 Å². The Labute approximate surface area is 246 Å². The van der Waals surface area contributed by atoms with E-state index in [9.17, 15) is 4.39 Å². The van der Waals surface area contributed by atoms with Gasteiger partial charge in [-0.25, -0.2) is 13.2 Å². The Balaban J connectivity index is 1.27. The van der Waals surface area contributed by atoms with Crippen molar-refractivity contribution in [3.63, 3.8) is 0 Å². The summed E-state index contributed by atoms with van der Waals surface area (Å²) < 4.78 is 53.3.